The Labute approximate surface area is 144 Å². The van der Waals surface area contributed by atoms with Gasteiger partial charge in [-0.3, -0.25) is 4.90 Å². The van der Waals surface area contributed by atoms with Crippen molar-refractivity contribution in [3.8, 4) is 11.4 Å². The zero-order valence-electron chi connectivity index (χ0n) is 13.5. The van der Waals surface area contributed by atoms with Gasteiger partial charge in [0.05, 0.1) is 12.1 Å². The Hall–Kier alpha value is -2.57. The van der Waals surface area contributed by atoms with E-state index in [9.17, 15) is 9.50 Å². The van der Waals surface area contributed by atoms with E-state index in [1.807, 2.05) is 30.3 Å². The summed E-state index contributed by atoms with van der Waals surface area (Å²) in [6.07, 6.45) is 0.0926. The minimum Gasteiger partial charge on any atom is -0.392 e. The van der Waals surface area contributed by atoms with Gasteiger partial charge in [-0.15, -0.1) is 0 Å². The quantitative estimate of drug-likeness (QED) is 0.791. The van der Waals surface area contributed by atoms with Crippen LogP contribution in [0.3, 0.4) is 0 Å². The third-order valence-electron chi connectivity index (χ3n) is 4.44. The summed E-state index contributed by atoms with van der Waals surface area (Å²) in [5.41, 5.74) is 1.87. The maximum atomic E-state index is 13.1. The molecule has 5 nitrogen and oxygen atoms in total. The second-order valence-electron chi connectivity index (χ2n) is 6.28. The van der Waals surface area contributed by atoms with Crippen molar-refractivity contribution in [2.45, 2.75) is 25.1 Å². The van der Waals surface area contributed by atoms with E-state index in [2.05, 4.69) is 15.0 Å². The van der Waals surface area contributed by atoms with E-state index in [0.717, 1.165) is 11.1 Å². The normalized spacial score (nSPS) is 20.9. The minimum atomic E-state index is -0.447. The van der Waals surface area contributed by atoms with Crippen molar-refractivity contribution < 1.29 is 14.0 Å². The monoisotopic (exact) mass is 339 g/mol. The van der Waals surface area contributed by atoms with Crippen LogP contribution < -0.4 is 0 Å². The fourth-order valence-electron chi connectivity index (χ4n) is 3.21. The Morgan fingerprint density at radius 1 is 1.12 bits per heavy atom. The van der Waals surface area contributed by atoms with Crippen molar-refractivity contribution in [3.63, 3.8) is 0 Å². The van der Waals surface area contributed by atoms with Gasteiger partial charge in [0.2, 0.25) is 11.7 Å². The molecule has 1 N–H and O–H groups in total. The smallest absolute Gasteiger partial charge is 0.244 e. The van der Waals surface area contributed by atoms with Gasteiger partial charge >= 0.3 is 0 Å². The molecule has 1 fully saturated rings. The first-order valence-corrected chi connectivity index (χ1v) is 8.24. The largest absolute Gasteiger partial charge is 0.392 e. The van der Waals surface area contributed by atoms with Gasteiger partial charge in [0.1, 0.15) is 5.82 Å². The molecule has 1 aliphatic heterocycles. The average molecular weight is 339 g/mol. The van der Waals surface area contributed by atoms with Crippen LogP contribution in [-0.2, 0) is 6.54 Å². The Balaban J connectivity index is 1.55. The van der Waals surface area contributed by atoms with Gasteiger partial charge in [0.15, 0.2) is 0 Å². The number of β-amino-alcohol motifs (C(OH)–C–C–N with tert-alkyl or cyclic N) is 1. The molecule has 25 heavy (non-hydrogen) atoms. The van der Waals surface area contributed by atoms with E-state index >= 15 is 0 Å². The number of hydrogen-bond donors (Lipinski definition) is 1. The van der Waals surface area contributed by atoms with Crippen LogP contribution >= 0.6 is 0 Å². The van der Waals surface area contributed by atoms with Crippen molar-refractivity contribution in [3.05, 3.63) is 71.9 Å². The molecule has 0 unspecified atom stereocenters. The van der Waals surface area contributed by atoms with Crippen LogP contribution in [0.25, 0.3) is 11.4 Å². The van der Waals surface area contributed by atoms with E-state index < -0.39 is 6.10 Å². The number of aliphatic hydroxyl groups excluding tert-OH is 1. The number of hydrogen-bond acceptors (Lipinski definition) is 5. The van der Waals surface area contributed by atoms with Crippen LogP contribution in [-0.4, -0.2) is 32.8 Å². The molecule has 1 aromatic heterocycles. The highest BCUT2D eigenvalue weighted by atomic mass is 19.1. The number of nitrogens with zero attached hydrogens (tertiary/aromatic N) is 3. The predicted molar refractivity (Wildman–Crippen MR) is 89.9 cm³/mol. The fraction of sp³-hybridized carbons (Fsp3) is 0.263. The molecule has 0 bridgehead atoms. The van der Waals surface area contributed by atoms with Gasteiger partial charge in [-0.2, -0.15) is 4.98 Å². The topological polar surface area (TPSA) is 62.4 Å². The highest BCUT2D eigenvalue weighted by Gasteiger charge is 2.35. The lowest BCUT2D eigenvalue weighted by Gasteiger charge is -2.21. The Morgan fingerprint density at radius 3 is 2.64 bits per heavy atom. The van der Waals surface area contributed by atoms with E-state index in [0.29, 0.717) is 31.2 Å². The van der Waals surface area contributed by atoms with E-state index in [1.165, 1.54) is 12.1 Å². The first-order valence-electron chi connectivity index (χ1n) is 8.24. The second-order valence-corrected chi connectivity index (χ2v) is 6.28. The molecular formula is C19H18FN3O2. The lowest BCUT2D eigenvalue weighted by molar-refractivity contribution is 0.169. The lowest BCUT2D eigenvalue weighted by atomic mass is 10.1. The molecule has 0 aliphatic carbocycles. The van der Waals surface area contributed by atoms with Crippen LogP contribution in [0.15, 0.2) is 59.1 Å². The Kier molecular flexibility index (Phi) is 4.29. The molecule has 0 amide bonds. The lowest BCUT2D eigenvalue weighted by Crippen LogP contribution is -2.24. The maximum Gasteiger partial charge on any atom is 0.244 e. The van der Waals surface area contributed by atoms with Gasteiger partial charge in [0, 0.05) is 18.7 Å². The molecule has 6 heteroatoms. The molecule has 1 aliphatic rings. The summed E-state index contributed by atoms with van der Waals surface area (Å²) in [5.74, 6) is 0.780. The summed E-state index contributed by atoms with van der Waals surface area (Å²) in [5, 5.41) is 14.2. The van der Waals surface area contributed by atoms with Crippen molar-refractivity contribution in [2.75, 3.05) is 6.54 Å². The van der Waals surface area contributed by atoms with Crippen molar-refractivity contribution in [2.24, 2.45) is 0 Å². The highest BCUT2D eigenvalue weighted by Crippen LogP contribution is 2.33. The molecule has 2 aromatic carbocycles. The molecule has 2 heterocycles. The summed E-state index contributed by atoms with van der Waals surface area (Å²) in [6, 6.07) is 15.9. The first-order chi connectivity index (χ1) is 12.2. The number of rotatable bonds is 4. The van der Waals surface area contributed by atoms with Crippen molar-refractivity contribution in [1.82, 2.24) is 15.0 Å². The average Bonchev–Trinajstić information content (AvgIpc) is 3.24. The third kappa shape index (κ3) is 3.45. The van der Waals surface area contributed by atoms with Gasteiger partial charge in [0.25, 0.3) is 0 Å². The Morgan fingerprint density at radius 2 is 1.88 bits per heavy atom. The summed E-state index contributed by atoms with van der Waals surface area (Å²) in [4.78, 5) is 6.60. The summed E-state index contributed by atoms with van der Waals surface area (Å²) in [7, 11) is 0. The number of likely N-dealkylation sites (tertiary alicyclic amines) is 1. The summed E-state index contributed by atoms with van der Waals surface area (Å²) < 4.78 is 18.5. The molecule has 4 rings (SSSR count). The molecule has 128 valence electrons. The molecule has 0 saturated carbocycles. The predicted octanol–water partition coefficient (Wildman–Crippen LogP) is 3.18. The molecule has 0 spiro atoms. The third-order valence-corrected chi connectivity index (χ3v) is 4.44. The summed E-state index contributed by atoms with van der Waals surface area (Å²) in [6.45, 7) is 1.11. The van der Waals surface area contributed by atoms with Crippen LogP contribution in [0, 0.1) is 5.82 Å². The maximum absolute atomic E-state index is 13.1. The molecule has 2 atom stereocenters. The first kappa shape index (κ1) is 15.9. The van der Waals surface area contributed by atoms with Crippen LogP contribution in [0.1, 0.15) is 23.9 Å². The zero-order valence-corrected chi connectivity index (χ0v) is 13.5. The minimum absolute atomic E-state index is 0.148. The molecule has 3 aromatic rings. The van der Waals surface area contributed by atoms with E-state index in [-0.39, 0.29) is 11.9 Å². The number of aromatic nitrogens is 2. The molecular weight excluding hydrogens is 321 g/mol. The Bertz CT molecular complexity index is 835. The van der Waals surface area contributed by atoms with Crippen molar-refractivity contribution in [1.29, 1.82) is 0 Å². The van der Waals surface area contributed by atoms with E-state index in [4.69, 9.17) is 4.52 Å². The summed E-state index contributed by atoms with van der Waals surface area (Å²) >= 11 is 0. The molecule has 1 saturated heterocycles. The zero-order chi connectivity index (χ0) is 17.2. The van der Waals surface area contributed by atoms with Gasteiger partial charge in [-0.25, -0.2) is 4.39 Å². The van der Waals surface area contributed by atoms with Crippen LogP contribution in [0.2, 0.25) is 0 Å². The van der Waals surface area contributed by atoms with Crippen molar-refractivity contribution >= 4 is 0 Å². The second kappa shape index (κ2) is 6.74. The van der Waals surface area contributed by atoms with Gasteiger partial charge < -0.3 is 9.63 Å². The highest BCUT2D eigenvalue weighted by molar-refractivity contribution is 5.53. The molecule has 0 radical (unpaired) electrons. The van der Waals surface area contributed by atoms with Gasteiger partial charge in [-0.1, -0.05) is 47.6 Å². The standard InChI is InChI=1S/C19H18FN3O2/c20-15-8-6-13(7-9-15)11-23-12-16(24)10-17(23)19-21-18(22-25-19)14-4-2-1-3-5-14/h1-9,16-17,24H,10-12H2/t16-,17+/m1/s1. The van der Waals surface area contributed by atoms with Crippen LogP contribution in [0.5, 0.6) is 0 Å². The number of benzene rings is 2. The number of aliphatic hydroxyl groups is 1. The van der Waals surface area contributed by atoms with E-state index in [1.54, 1.807) is 12.1 Å². The van der Waals surface area contributed by atoms with Crippen LogP contribution in [0.4, 0.5) is 4.39 Å². The SMILES string of the molecule is O[C@@H]1C[C@@H](c2nc(-c3ccccc3)no2)N(Cc2ccc(F)cc2)C1. The van der Waals surface area contributed by atoms with Gasteiger partial charge in [-0.05, 0) is 24.1 Å². The fourth-order valence-corrected chi connectivity index (χ4v) is 3.21. The number of halogens is 1.